The minimum Gasteiger partial charge on any atom is -0.313 e. The fourth-order valence-electron chi connectivity index (χ4n) is 1.81. The van der Waals surface area contributed by atoms with E-state index in [4.69, 9.17) is 34.8 Å². The van der Waals surface area contributed by atoms with E-state index in [9.17, 15) is 0 Å². The number of hydrogen-bond donors (Lipinski definition) is 1. The van der Waals surface area contributed by atoms with Gasteiger partial charge in [0.25, 0.3) is 0 Å². The second kappa shape index (κ2) is 9.11. The second-order valence-corrected chi connectivity index (χ2v) is 6.47. The molecule has 1 aromatic carbocycles. The van der Waals surface area contributed by atoms with Gasteiger partial charge in [-0.05, 0) is 59.0 Å². The number of halogens is 3. The van der Waals surface area contributed by atoms with Gasteiger partial charge < -0.3 is 10.2 Å². The van der Waals surface area contributed by atoms with Crippen LogP contribution in [0.1, 0.15) is 32.3 Å². The summed E-state index contributed by atoms with van der Waals surface area (Å²) in [5.74, 6) is 0. The Kier molecular flexibility index (Phi) is 8.23. The first-order chi connectivity index (χ1) is 9.43. The quantitative estimate of drug-likeness (QED) is 0.538. The molecule has 0 heterocycles. The van der Waals surface area contributed by atoms with Crippen LogP contribution in [0.25, 0.3) is 0 Å². The Labute approximate surface area is 137 Å². The maximum atomic E-state index is 6.15. The Morgan fingerprint density at radius 3 is 2.40 bits per heavy atom. The van der Waals surface area contributed by atoms with Crippen molar-refractivity contribution in [1.29, 1.82) is 0 Å². The largest absolute Gasteiger partial charge is 0.313 e. The molecule has 0 aromatic heterocycles. The molecule has 0 aliphatic carbocycles. The van der Waals surface area contributed by atoms with Gasteiger partial charge in [0.05, 0.1) is 10.0 Å². The summed E-state index contributed by atoms with van der Waals surface area (Å²) >= 11 is 18.3. The molecule has 0 fully saturated rings. The number of rotatable bonds is 8. The average Bonchev–Trinajstić information content (AvgIpc) is 2.41. The molecular weight excluding hydrogens is 315 g/mol. The van der Waals surface area contributed by atoms with Crippen LogP contribution in [-0.2, 0) is 6.54 Å². The SMILES string of the molecule is CC(C)N(C)CCCCNCc1c(Cl)ccc(Cl)c1Cl. The molecule has 0 spiro atoms. The molecule has 20 heavy (non-hydrogen) atoms. The van der Waals surface area contributed by atoms with Gasteiger partial charge in [-0.15, -0.1) is 0 Å². The van der Waals surface area contributed by atoms with Crippen molar-refractivity contribution in [3.8, 4) is 0 Å². The zero-order valence-corrected chi connectivity index (χ0v) is 14.6. The summed E-state index contributed by atoms with van der Waals surface area (Å²) in [6.45, 7) is 7.14. The van der Waals surface area contributed by atoms with Gasteiger partial charge in [0.1, 0.15) is 0 Å². The van der Waals surface area contributed by atoms with Crippen LogP contribution >= 0.6 is 34.8 Å². The van der Waals surface area contributed by atoms with Crippen molar-refractivity contribution < 1.29 is 0 Å². The average molecular weight is 338 g/mol. The van der Waals surface area contributed by atoms with Crippen molar-refractivity contribution in [2.24, 2.45) is 0 Å². The monoisotopic (exact) mass is 336 g/mol. The highest BCUT2D eigenvalue weighted by atomic mass is 35.5. The smallest absolute Gasteiger partial charge is 0.0652 e. The van der Waals surface area contributed by atoms with E-state index < -0.39 is 0 Å². The topological polar surface area (TPSA) is 15.3 Å². The zero-order chi connectivity index (χ0) is 15.1. The number of nitrogens with one attached hydrogen (secondary N) is 1. The lowest BCUT2D eigenvalue weighted by Gasteiger charge is -2.20. The number of benzene rings is 1. The van der Waals surface area contributed by atoms with E-state index in [-0.39, 0.29) is 0 Å². The third kappa shape index (κ3) is 5.79. The van der Waals surface area contributed by atoms with Gasteiger partial charge in [-0.2, -0.15) is 0 Å². The Balaban J connectivity index is 2.27. The minimum atomic E-state index is 0.547. The summed E-state index contributed by atoms with van der Waals surface area (Å²) in [6, 6.07) is 4.11. The highest BCUT2D eigenvalue weighted by Crippen LogP contribution is 2.31. The number of nitrogens with zero attached hydrogens (tertiary/aromatic N) is 1. The van der Waals surface area contributed by atoms with Crippen LogP contribution in [0.15, 0.2) is 12.1 Å². The van der Waals surface area contributed by atoms with E-state index in [0.29, 0.717) is 27.7 Å². The van der Waals surface area contributed by atoms with Crippen LogP contribution in [0.3, 0.4) is 0 Å². The lowest BCUT2D eigenvalue weighted by atomic mass is 10.2. The van der Waals surface area contributed by atoms with Crippen LogP contribution < -0.4 is 5.32 Å². The normalized spacial score (nSPS) is 11.6. The molecule has 2 nitrogen and oxygen atoms in total. The van der Waals surface area contributed by atoms with Crippen molar-refractivity contribution in [1.82, 2.24) is 10.2 Å². The van der Waals surface area contributed by atoms with Crippen molar-refractivity contribution in [2.45, 2.75) is 39.3 Å². The molecule has 0 atom stereocenters. The Morgan fingerprint density at radius 2 is 1.75 bits per heavy atom. The van der Waals surface area contributed by atoms with Crippen LogP contribution in [0.2, 0.25) is 15.1 Å². The van der Waals surface area contributed by atoms with Crippen molar-refractivity contribution in [3.05, 3.63) is 32.8 Å². The summed E-state index contributed by atoms with van der Waals surface area (Å²) in [5.41, 5.74) is 0.875. The lowest BCUT2D eigenvalue weighted by molar-refractivity contribution is 0.268. The highest BCUT2D eigenvalue weighted by molar-refractivity contribution is 6.44. The van der Waals surface area contributed by atoms with Gasteiger partial charge in [-0.1, -0.05) is 34.8 Å². The maximum absolute atomic E-state index is 6.15. The predicted octanol–water partition coefficient (Wildman–Crippen LogP) is 4.86. The third-order valence-electron chi connectivity index (χ3n) is 3.44. The molecule has 1 N–H and O–H groups in total. The number of unbranched alkanes of at least 4 members (excludes halogenated alkanes) is 1. The van der Waals surface area contributed by atoms with Crippen LogP contribution in [0.5, 0.6) is 0 Å². The fraction of sp³-hybridized carbons (Fsp3) is 0.600. The minimum absolute atomic E-state index is 0.547. The van der Waals surface area contributed by atoms with Crippen molar-refractivity contribution in [3.63, 3.8) is 0 Å². The first kappa shape index (κ1) is 18.1. The van der Waals surface area contributed by atoms with Gasteiger partial charge in [0.15, 0.2) is 0 Å². The van der Waals surface area contributed by atoms with Crippen LogP contribution in [-0.4, -0.2) is 31.1 Å². The molecule has 5 heteroatoms. The molecule has 0 aliphatic heterocycles. The van der Waals surface area contributed by atoms with E-state index in [2.05, 4.69) is 31.1 Å². The molecule has 0 unspecified atom stereocenters. The second-order valence-electron chi connectivity index (χ2n) is 5.28. The van der Waals surface area contributed by atoms with Crippen molar-refractivity contribution >= 4 is 34.8 Å². The van der Waals surface area contributed by atoms with E-state index in [0.717, 1.165) is 25.1 Å². The Hall–Kier alpha value is 0.01000. The Bertz CT molecular complexity index is 422. The lowest BCUT2D eigenvalue weighted by Crippen LogP contribution is -2.27. The van der Waals surface area contributed by atoms with E-state index in [1.165, 1.54) is 6.42 Å². The van der Waals surface area contributed by atoms with Crippen LogP contribution in [0, 0.1) is 0 Å². The molecule has 0 saturated heterocycles. The molecule has 1 rings (SSSR count). The molecule has 1 aromatic rings. The summed E-state index contributed by atoms with van der Waals surface area (Å²) in [6.07, 6.45) is 2.31. The van der Waals surface area contributed by atoms with E-state index in [1.807, 2.05) is 0 Å². The summed E-state index contributed by atoms with van der Waals surface area (Å²) in [7, 11) is 2.16. The molecule has 0 radical (unpaired) electrons. The van der Waals surface area contributed by atoms with E-state index in [1.54, 1.807) is 12.1 Å². The molecule has 0 aliphatic rings. The molecule has 0 bridgehead atoms. The zero-order valence-electron chi connectivity index (χ0n) is 12.3. The first-order valence-corrected chi connectivity index (χ1v) is 8.10. The Morgan fingerprint density at radius 1 is 1.10 bits per heavy atom. The van der Waals surface area contributed by atoms with Crippen molar-refractivity contribution in [2.75, 3.05) is 20.1 Å². The van der Waals surface area contributed by atoms with Crippen LogP contribution in [0.4, 0.5) is 0 Å². The molecule has 0 saturated carbocycles. The fourth-order valence-corrected chi connectivity index (χ4v) is 2.50. The molecule has 114 valence electrons. The summed E-state index contributed by atoms with van der Waals surface area (Å²) < 4.78 is 0. The molecule has 0 amide bonds. The third-order valence-corrected chi connectivity index (χ3v) is 4.63. The highest BCUT2D eigenvalue weighted by Gasteiger charge is 2.09. The summed E-state index contributed by atoms with van der Waals surface area (Å²) in [5, 5.41) is 5.12. The van der Waals surface area contributed by atoms with Gasteiger partial charge in [0, 0.05) is 23.2 Å². The van der Waals surface area contributed by atoms with Gasteiger partial charge >= 0.3 is 0 Å². The summed E-state index contributed by atoms with van der Waals surface area (Å²) in [4.78, 5) is 2.35. The van der Waals surface area contributed by atoms with Gasteiger partial charge in [-0.25, -0.2) is 0 Å². The van der Waals surface area contributed by atoms with Gasteiger partial charge in [0.2, 0.25) is 0 Å². The van der Waals surface area contributed by atoms with Gasteiger partial charge in [-0.3, -0.25) is 0 Å². The maximum Gasteiger partial charge on any atom is 0.0652 e. The predicted molar refractivity (Wildman–Crippen MR) is 90.2 cm³/mol. The first-order valence-electron chi connectivity index (χ1n) is 6.96. The van der Waals surface area contributed by atoms with E-state index >= 15 is 0 Å². The number of hydrogen-bond acceptors (Lipinski definition) is 2. The molecular formula is C15H23Cl3N2. The standard InChI is InChI=1S/C15H23Cl3N2/c1-11(2)20(3)9-5-4-8-19-10-12-13(16)6-7-14(17)15(12)18/h6-7,11,19H,4-5,8-10H2,1-3H3.